The van der Waals surface area contributed by atoms with Crippen molar-refractivity contribution in [2.75, 3.05) is 13.2 Å². The van der Waals surface area contributed by atoms with Crippen LogP contribution >= 0.6 is 0 Å². The van der Waals surface area contributed by atoms with E-state index in [-0.39, 0.29) is 49.8 Å². The summed E-state index contributed by atoms with van der Waals surface area (Å²) in [7, 11) is 0. The Kier molecular flexibility index (Phi) is 7.47. The molecule has 0 radical (unpaired) electrons. The molecular formula is C26H30N2O6. The smallest absolute Gasteiger partial charge is 0.407 e. The fraction of sp³-hybridized carbons (Fsp3) is 0.423. The van der Waals surface area contributed by atoms with Crippen LogP contribution in [0.2, 0.25) is 0 Å². The average molecular weight is 467 g/mol. The van der Waals surface area contributed by atoms with Crippen molar-refractivity contribution in [3.63, 3.8) is 0 Å². The van der Waals surface area contributed by atoms with Gasteiger partial charge in [-0.1, -0.05) is 55.0 Å². The summed E-state index contributed by atoms with van der Waals surface area (Å²) in [6.07, 6.45) is 0.491. The average Bonchev–Trinajstić information content (AvgIpc) is 3.37. The van der Waals surface area contributed by atoms with Crippen LogP contribution in [0.3, 0.4) is 0 Å². The zero-order chi connectivity index (χ0) is 24.1. The molecule has 0 spiro atoms. The summed E-state index contributed by atoms with van der Waals surface area (Å²) >= 11 is 0. The summed E-state index contributed by atoms with van der Waals surface area (Å²) in [5, 5.41) is 24.5. The van der Waals surface area contributed by atoms with Gasteiger partial charge in [0.1, 0.15) is 6.61 Å². The van der Waals surface area contributed by atoms with Crippen LogP contribution in [0.25, 0.3) is 11.1 Å². The van der Waals surface area contributed by atoms with Crippen molar-refractivity contribution >= 4 is 18.0 Å². The third kappa shape index (κ3) is 5.56. The Morgan fingerprint density at radius 1 is 1.00 bits per heavy atom. The molecule has 4 rings (SSSR count). The van der Waals surface area contributed by atoms with Crippen LogP contribution in [-0.2, 0) is 14.3 Å². The van der Waals surface area contributed by atoms with Gasteiger partial charge >= 0.3 is 12.1 Å². The number of hydrogen-bond acceptors (Lipinski definition) is 5. The first kappa shape index (κ1) is 23.8. The van der Waals surface area contributed by atoms with Crippen molar-refractivity contribution < 1.29 is 29.3 Å². The predicted octanol–water partition coefficient (Wildman–Crippen LogP) is 3.04. The van der Waals surface area contributed by atoms with E-state index in [1.165, 1.54) is 0 Å². The summed E-state index contributed by atoms with van der Waals surface area (Å²) in [5.74, 6) is -1.38. The highest BCUT2D eigenvalue weighted by Gasteiger charge is 2.31. The van der Waals surface area contributed by atoms with Crippen LogP contribution in [0.5, 0.6) is 0 Å². The van der Waals surface area contributed by atoms with E-state index < -0.39 is 18.2 Å². The number of aliphatic carboxylic acids is 1. The van der Waals surface area contributed by atoms with E-state index in [0.717, 1.165) is 41.5 Å². The minimum absolute atomic E-state index is 0.0246. The zero-order valence-electron chi connectivity index (χ0n) is 18.9. The lowest BCUT2D eigenvalue weighted by Gasteiger charge is -2.20. The van der Waals surface area contributed by atoms with Crippen LogP contribution in [0, 0.1) is 5.92 Å². The van der Waals surface area contributed by atoms with Crippen molar-refractivity contribution in [1.82, 2.24) is 10.6 Å². The molecule has 8 nitrogen and oxygen atoms in total. The lowest BCUT2D eigenvalue weighted by Crippen LogP contribution is -2.41. The molecule has 0 saturated heterocycles. The lowest BCUT2D eigenvalue weighted by molar-refractivity contribution is -0.138. The quantitative estimate of drug-likeness (QED) is 0.450. The summed E-state index contributed by atoms with van der Waals surface area (Å²) in [5.41, 5.74) is 4.51. The lowest BCUT2D eigenvalue weighted by atomic mass is 9.98. The normalized spacial score (nSPS) is 19.7. The van der Waals surface area contributed by atoms with E-state index >= 15 is 0 Å². The molecule has 0 heterocycles. The Balaban J connectivity index is 1.22. The molecule has 0 aromatic heterocycles. The standard InChI is InChI=1S/C26H30N2O6/c29-17(13-24(30)28-23-11-5-6-16(23)12-25(31)32)14-27-26(33)34-15-22-20-9-3-1-7-18(20)19-8-2-4-10-21(19)22/h1-4,7-10,16-17,22-23,29H,5-6,11-15H2,(H,27,33)(H,28,30)(H,31,32). The number of hydrogen-bond donors (Lipinski definition) is 4. The molecular weight excluding hydrogens is 436 g/mol. The topological polar surface area (TPSA) is 125 Å². The number of nitrogens with one attached hydrogen (secondary N) is 2. The number of benzene rings is 2. The maximum atomic E-state index is 12.3. The number of carboxylic acid groups (broad SMARTS) is 1. The van der Waals surface area contributed by atoms with Crippen molar-refractivity contribution in [3.8, 4) is 11.1 Å². The van der Waals surface area contributed by atoms with Gasteiger partial charge in [-0.3, -0.25) is 9.59 Å². The van der Waals surface area contributed by atoms with Gasteiger partial charge in [0.2, 0.25) is 5.91 Å². The van der Waals surface area contributed by atoms with Gasteiger partial charge in [-0.15, -0.1) is 0 Å². The number of aliphatic hydroxyl groups excluding tert-OH is 1. The second-order valence-electron chi connectivity index (χ2n) is 9.03. The minimum atomic E-state index is -1.07. The number of amides is 2. The minimum Gasteiger partial charge on any atom is -0.481 e. The van der Waals surface area contributed by atoms with E-state index in [9.17, 15) is 19.5 Å². The first-order valence-corrected chi connectivity index (χ1v) is 11.7. The van der Waals surface area contributed by atoms with Gasteiger partial charge < -0.3 is 25.6 Å². The third-order valence-electron chi connectivity index (χ3n) is 6.69. The molecule has 2 amide bonds. The van der Waals surface area contributed by atoms with Gasteiger partial charge in [0.15, 0.2) is 0 Å². The second kappa shape index (κ2) is 10.7. The van der Waals surface area contributed by atoms with E-state index in [4.69, 9.17) is 9.84 Å². The van der Waals surface area contributed by atoms with E-state index in [1.54, 1.807) is 0 Å². The highest BCUT2D eigenvalue weighted by atomic mass is 16.5. The highest BCUT2D eigenvalue weighted by Crippen LogP contribution is 2.44. The number of rotatable bonds is 9. The number of carbonyl (C=O) groups is 3. The van der Waals surface area contributed by atoms with Crippen molar-refractivity contribution in [2.24, 2.45) is 5.92 Å². The fourth-order valence-electron chi connectivity index (χ4n) is 5.10. The molecule has 2 aromatic rings. The van der Waals surface area contributed by atoms with Crippen LogP contribution in [-0.4, -0.2) is 53.5 Å². The maximum absolute atomic E-state index is 12.3. The zero-order valence-corrected chi connectivity index (χ0v) is 18.9. The van der Waals surface area contributed by atoms with E-state index in [1.807, 2.05) is 36.4 Å². The predicted molar refractivity (Wildman–Crippen MR) is 125 cm³/mol. The first-order chi connectivity index (χ1) is 16.4. The first-order valence-electron chi connectivity index (χ1n) is 11.7. The molecule has 34 heavy (non-hydrogen) atoms. The SMILES string of the molecule is O=C(O)CC1CCCC1NC(=O)CC(O)CNC(=O)OCC1c2ccccc2-c2ccccc21. The molecule has 1 fully saturated rings. The number of carboxylic acids is 1. The van der Waals surface area contributed by atoms with Crippen LogP contribution in [0.1, 0.15) is 49.1 Å². The molecule has 0 bridgehead atoms. The molecule has 2 aliphatic rings. The number of alkyl carbamates (subject to hydrolysis) is 1. The van der Waals surface area contributed by atoms with Crippen molar-refractivity contribution in [3.05, 3.63) is 59.7 Å². The number of carbonyl (C=O) groups excluding carboxylic acids is 2. The number of ether oxygens (including phenoxy) is 1. The Morgan fingerprint density at radius 2 is 1.65 bits per heavy atom. The van der Waals surface area contributed by atoms with Crippen LogP contribution < -0.4 is 10.6 Å². The van der Waals surface area contributed by atoms with E-state index in [0.29, 0.717) is 0 Å². The molecule has 3 atom stereocenters. The molecule has 0 aliphatic heterocycles. The summed E-state index contributed by atoms with van der Waals surface area (Å²) < 4.78 is 5.44. The van der Waals surface area contributed by atoms with Gasteiger partial charge in [-0.2, -0.15) is 0 Å². The molecule has 2 aromatic carbocycles. The molecule has 2 aliphatic carbocycles. The van der Waals surface area contributed by atoms with Crippen LogP contribution in [0.4, 0.5) is 4.79 Å². The van der Waals surface area contributed by atoms with Gasteiger partial charge in [0.05, 0.1) is 18.9 Å². The Labute approximate surface area is 198 Å². The van der Waals surface area contributed by atoms with Gasteiger partial charge in [0.25, 0.3) is 0 Å². The highest BCUT2D eigenvalue weighted by molar-refractivity contribution is 5.79. The van der Waals surface area contributed by atoms with Gasteiger partial charge in [-0.05, 0) is 41.0 Å². The molecule has 180 valence electrons. The number of fused-ring (bicyclic) bond motifs is 3. The monoisotopic (exact) mass is 466 g/mol. The fourth-order valence-corrected chi connectivity index (χ4v) is 5.10. The Hall–Kier alpha value is -3.39. The second-order valence-corrected chi connectivity index (χ2v) is 9.03. The largest absolute Gasteiger partial charge is 0.481 e. The molecule has 8 heteroatoms. The summed E-state index contributed by atoms with van der Waals surface area (Å²) in [4.78, 5) is 35.5. The summed E-state index contributed by atoms with van der Waals surface area (Å²) in [6, 6.07) is 15.9. The van der Waals surface area contributed by atoms with Crippen LogP contribution in [0.15, 0.2) is 48.5 Å². The van der Waals surface area contributed by atoms with Crippen molar-refractivity contribution in [2.45, 2.75) is 50.2 Å². The van der Waals surface area contributed by atoms with Gasteiger partial charge in [-0.25, -0.2) is 4.79 Å². The van der Waals surface area contributed by atoms with E-state index in [2.05, 4.69) is 22.8 Å². The molecule has 4 N–H and O–H groups in total. The Bertz CT molecular complexity index is 1010. The Morgan fingerprint density at radius 3 is 2.29 bits per heavy atom. The van der Waals surface area contributed by atoms with Gasteiger partial charge in [0, 0.05) is 18.5 Å². The maximum Gasteiger partial charge on any atom is 0.407 e. The van der Waals surface area contributed by atoms with Crippen molar-refractivity contribution in [1.29, 1.82) is 0 Å². The molecule has 3 unspecified atom stereocenters. The number of aliphatic hydroxyl groups is 1. The third-order valence-corrected chi connectivity index (χ3v) is 6.69. The molecule has 1 saturated carbocycles. The summed E-state index contributed by atoms with van der Waals surface area (Å²) in [6.45, 7) is 0.0520.